The molecule has 0 N–H and O–H groups in total. The van der Waals surface area contributed by atoms with Crippen molar-refractivity contribution in [2.24, 2.45) is 22.7 Å². The van der Waals surface area contributed by atoms with E-state index in [1.165, 1.54) is 19.3 Å². The van der Waals surface area contributed by atoms with Crippen molar-refractivity contribution in [2.75, 3.05) is 12.4 Å². The fraction of sp³-hybridized carbons (Fsp3) is 0.842. The van der Waals surface area contributed by atoms with Gasteiger partial charge >= 0.3 is 0 Å². The second kappa shape index (κ2) is 5.73. The van der Waals surface area contributed by atoms with Gasteiger partial charge in [0, 0.05) is 30.2 Å². The molecule has 0 amide bonds. The van der Waals surface area contributed by atoms with Crippen molar-refractivity contribution in [2.45, 2.75) is 65.4 Å². The Bertz CT molecular complexity index is 506. The van der Waals surface area contributed by atoms with Crippen molar-refractivity contribution in [3.63, 3.8) is 0 Å². The Labute approximate surface area is 143 Å². The smallest absolute Gasteiger partial charge is 0.139 e. The highest BCUT2D eigenvalue weighted by Crippen LogP contribution is 2.65. The number of carbonyl (C=O) groups is 1. The molecule has 2 fully saturated rings. The van der Waals surface area contributed by atoms with Crippen LogP contribution in [0.5, 0.6) is 0 Å². The monoisotopic (exact) mass is 368 g/mol. The zero-order chi connectivity index (χ0) is 16.1. The second-order valence-corrected chi connectivity index (χ2v) is 8.79. The molecule has 2 nitrogen and oxygen atoms in total. The normalized spacial score (nSPS) is 39.4. The van der Waals surface area contributed by atoms with Gasteiger partial charge in [-0.05, 0) is 43.4 Å². The molecule has 0 aliphatic heterocycles. The van der Waals surface area contributed by atoms with Crippen LogP contribution in [0.3, 0.4) is 0 Å². The molecule has 0 saturated heterocycles. The van der Waals surface area contributed by atoms with Crippen molar-refractivity contribution in [3.05, 3.63) is 11.1 Å². The number of hydrogen-bond donors (Lipinski definition) is 0. The van der Waals surface area contributed by atoms with E-state index in [1.807, 2.05) is 0 Å². The fourth-order valence-corrected chi connectivity index (χ4v) is 6.04. The first-order chi connectivity index (χ1) is 10.4. The number of allylic oxidation sites excluding steroid dienone is 1. The van der Waals surface area contributed by atoms with Gasteiger partial charge in [0.1, 0.15) is 5.78 Å². The standard InChI is InChI=1S/C19H29BrO2/c1-12(2)13-5-7-18(3)9-10-19(8-6-15(19)21)17(16(13)18)14(11-20)22-4/h12,14,17H,5-11H2,1-4H3/t14-,17+,18+,19-/m0/s1. The first-order valence-electron chi connectivity index (χ1n) is 8.75. The van der Waals surface area contributed by atoms with Crippen molar-refractivity contribution in [3.8, 4) is 0 Å². The third kappa shape index (κ3) is 2.18. The van der Waals surface area contributed by atoms with E-state index in [4.69, 9.17) is 4.74 Å². The van der Waals surface area contributed by atoms with E-state index in [1.54, 1.807) is 18.3 Å². The van der Waals surface area contributed by atoms with Crippen LogP contribution in [-0.2, 0) is 9.53 Å². The van der Waals surface area contributed by atoms with Crippen LogP contribution in [-0.4, -0.2) is 24.3 Å². The summed E-state index contributed by atoms with van der Waals surface area (Å²) in [6.07, 6.45) is 6.67. The summed E-state index contributed by atoms with van der Waals surface area (Å²) in [5.74, 6) is 1.36. The molecule has 0 radical (unpaired) electrons. The fourth-order valence-electron chi connectivity index (χ4n) is 5.40. The number of Topliss-reactive ketones (excluding diaryl/α,β-unsaturated/α-hetero) is 1. The number of fused-ring (bicyclic) bond motifs is 1. The summed E-state index contributed by atoms with van der Waals surface area (Å²) in [6.45, 7) is 7.05. The van der Waals surface area contributed by atoms with Crippen LogP contribution >= 0.6 is 15.9 Å². The lowest BCUT2D eigenvalue weighted by atomic mass is 9.47. The minimum Gasteiger partial charge on any atom is -0.380 e. The predicted octanol–water partition coefficient (Wildman–Crippen LogP) is 4.91. The van der Waals surface area contributed by atoms with E-state index in [2.05, 4.69) is 36.7 Å². The molecule has 0 bridgehead atoms. The van der Waals surface area contributed by atoms with Crippen LogP contribution in [0.15, 0.2) is 11.1 Å². The average molecular weight is 369 g/mol. The lowest BCUT2D eigenvalue weighted by Crippen LogP contribution is -2.56. The quantitative estimate of drug-likeness (QED) is 0.520. The largest absolute Gasteiger partial charge is 0.380 e. The minimum atomic E-state index is -0.117. The van der Waals surface area contributed by atoms with E-state index >= 15 is 0 Å². The summed E-state index contributed by atoms with van der Waals surface area (Å²) in [5.41, 5.74) is 3.40. The van der Waals surface area contributed by atoms with E-state index in [0.29, 0.717) is 17.1 Å². The molecule has 22 heavy (non-hydrogen) atoms. The second-order valence-electron chi connectivity index (χ2n) is 8.14. The molecule has 3 aliphatic rings. The van der Waals surface area contributed by atoms with Gasteiger partial charge in [0.2, 0.25) is 0 Å². The predicted molar refractivity (Wildman–Crippen MR) is 93.2 cm³/mol. The number of ketones is 1. The molecule has 3 rings (SSSR count). The number of halogens is 1. The minimum absolute atomic E-state index is 0.116. The number of rotatable bonds is 4. The molecule has 0 aromatic heterocycles. The van der Waals surface area contributed by atoms with E-state index in [9.17, 15) is 4.79 Å². The summed E-state index contributed by atoms with van der Waals surface area (Å²) in [6, 6.07) is 0. The third-order valence-electron chi connectivity index (χ3n) is 6.85. The maximum Gasteiger partial charge on any atom is 0.139 e. The van der Waals surface area contributed by atoms with Crippen LogP contribution in [0, 0.1) is 22.7 Å². The maximum atomic E-state index is 12.6. The molecule has 4 atom stereocenters. The van der Waals surface area contributed by atoms with Crippen LogP contribution < -0.4 is 0 Å². The van der Waals surface area contributed by atoms with Crippen molar-refractivity contribution in [1.82, 2.24) is 0 Å². The van der Waals surface area contributed by atoms with E-state index in [0.717, 1.165) is 24.6 Å². The third-order valence-corrected chi connectivity index (χ3v) is 7.49. The highest BCUT2D eigenvalue weighted by Gasteiger charge is 2.61. The number of alkyl halides is 1. The number of hydrogen-bond acceptors (Lipinski definition) is 2. The van der Waals surface area contributed by atoms with Gasteiger partial charge < -0.3 is 4.74 Å². The van der Waals surface area contributed by atoms with Crippen LogP contribution in [0.25, 0.3) is 0 Å². The van der Waals surface area contributed by atoms with E-state index < -0.39 is 0 Å². The lowest BCUT2D eigenvalue weighted by molar-refractivity contribution is -0.151. The van der Waals surface area contributed by atoms with Gasteiger partial charge in [-0.2, -0.15) is 0 Å². The zero-order valence-corrected chi connectivity index (χ0v) is 16.0. The Balaban J connectivity index is 2.13. The van der Waals surface area contributed by atoms with Gasteiger partial charge in [-0.3, -0.25) is 4.79 Å². The molecular formula is C19H29BrO2. The van der Waals surface area contributed by atoms with Gasteiger partial charge in [0.15, 0.2) is 0 Å². The van der Waals surface area contributed by atoms with Gasteiger partial charge in [-0.1, -0.05) is 47.8 Å². The molecule has 0 unspecified atom stereocenters. The molecule has 124 valence electrons. The zero-order valence-electron chi connectivity index (χ0n) is 14.4. The Kier molecular flexibility index (Phi) is 4.35. The molecule has 1 spiro atoms. The first-order valence-corrected chi connectivity index (χ1v) is 9.87. The topological polar surface area (TPSA) is 26.3 Å². The highest BCUT2D eigenvalue weighted by atomic mass is 79.9. The van der Waals surface area contributed by atoms with Crippen LogP contribution in [0.4, 0.5) is 0 Å². The summed E-state index contributed by atoms with van der Waals surface area (Å²) in [7, 11) is 1.80. The van der Waals surface area contributed by atoms with E-state index in [-0.39, 0.29) is 17.4 Å². The Morgan fingerprint density at radius 2 is 1.95 bits per heavy atom. The number of methoxy groups -OCH3 is 1. The average Bonchev–Trinajstić information content (AvgIpc) is 2.84. The number of carbonyl (C=O) groups excluding carboxylic acids is 1. The van der Waals surface area contributed by atoms with Crippen molar-refractivity contribution < 1.29 is 9.53 Å². The number of ether oxygens (including phenoxy) is 1. The summed E-state index contributed by atoms with van der Waals surface area (Å²) in [4.78, 5) is 12.6. The van der Waals surface area contributed by atoms with Gasteiger partial charge in [0.25, 0.3) is 0 Å². The Morgan fingerprint density at radius 3 is 2.41 bits per heavy atom. The van der Waals surface area contributed by atoms with Crippen LogP contribution in [0.1, 0.15) is 59.3 Å². The van der Waals surface area contributed by atoms with Gasteiger partial charge in [0.05, 0.1) is 6.10 Å². The SMILES string of the molecule is CO[C@@H](CBr)[C@@H]1C2=C(C(C)C)CC[C@]2(C)CC[C@]12CCC2=O. The molecule has 3 aliphatic carbocycles. The van der Waals surface area contributed by atoms with Gasteiger partial charge in [-0.15, -0.1) is 0 Å². The first kappa shape index (κ1) is 16.7. The molecular weight excluding hydrogens is 340 g/mol. The molecule has 0 heterocycles. The summed E-state index contributed by atoms with van der Waals surface area (Å²) in [5, 5.41) is 0.814. The van der Waals surface area contributed by atoms with Crippen molar-refractivity contribution >= 4 is 21.7 Å². The molecule has 0 aromatic rings. The molecule has 2 saturated carbocycles. The maximum absolute atomic E-state index is 12.6. The lowest BCUT2D eigenvalue weighted by Gasteiger charge is -2.56. The molecule has 0 aromatic carbocycles. The Morgan fingerprint density at radius 1 is 1.23 bits per heavy atom. The summed E-state index contributed by atoms with van der Waals surface area (Å²) < 4.78 is 5.87. The van der Waals surface area contributed by atoms with Crippen molar-refractivity contribution in [1.29, 1.82) is 0 Å². The highest BCUT2D eigenvalue weighted by molar-refractivity contribution is 9.09. The molecule has 3 heteroatoms. The van der Waals surface area contributed by atoms with Crippen LogP contribution in [0.2, 0.25) is 0 Å². The summed E-state index contributed by atoms with van der Waals surface area (Å²) >= 11 is 3.65. The Hall–Kier alpha value is -0.150. The van der Waals surface area contributed by atoms with Gasteiger partial charge in [-0.25, -0.2) is 0 Å².